The lowest BCUT2D eigenvalue weighted by Crippen LogP contribution is -2.26. The van der Waals surface area contributed by atoms with E-state index < -0.39 is 0 Å². The number of rotatable bonds is 3. The average Bonchev–Trinajstić information content (AvgIpc) is 2.89. The maximum Gasteiger partial charge on any atom is 0.270 e. The van der Waals surface area contributed by atoms with E-state index in [1.807, 2.05) is 18.2 Å². The molecule has 0 bridgehead atoms. The van der Waals surface area contributed by atoms with Gasteiger partial charge in [0.2, 0.25) is 0 Å². The molecule has 0 unspecified atom stereocenters. The molecule has 0 spiro atoms. The minimum atomic E-state index is -0.321. The van der Waals surface area contributed by atoms with E-state index in [-0.39, 0.29) is 11.7 Å². The van der Waals surface area contributed by atoms with Gasteiger partial charge in [-0.3, -0.25) is 4.79 Å². The van der Waals surface area contributed by atoms with E-state index in [1.165, 1.54) is 12.1 Å². The summed E-state index contributed by atoms with van der Waals surface area (Å²) in [5.41, 5.74) is 2.12. The van der Waals surface area contributed by atoms with Gasteiger partial charge in [-0.2, -0.15) is 0 Å². The minimum Gasteiger partial charge on any atom is -0.351 e. The molecule has 0 saturated carbocycles. The highest BCUT2D eigenvalue weighted by molar-refractivity contribution is 6.30. The zero-order valence-corrected chi connectivity index (χ0v) is 12.7. The molecule has 112 valence electrons. The van der Waals surface area contributed by atoms with Crippen LogP contribution in [0.15, 0.2) is 48.5 Å². The van der Waals surface area contributed by atoms with Crippen LogP contribution in [0.1, 0.15) is 16.1 Å². The predicted molar refractivity (Wildman–Crippen MR) is 85.5 cm³/mol. The van der Waals surface area contributed by atoms with Crippen molar-refractivity contribution in [3.8, 4) is 0 Å². The van der Waals surface area contributed by atoms with Crippen LogP contribution in [-0.4, -0.2) is 22.8 Å². The van der Waals surface area contributed by atoms with Crippen LogP contribution in [0.2, 0.25) is 5.02 Å². The molecule has 1 aromatic heterocycles. The molecule has 3 nitrogen and oxygen atoms in total. The molecular weight excluding hydrogens is 303 g/mol. The first kappa shape index (κ1) is 14.6. The van der Waals surface area contributed by atoms with Crippen molar-refractivity contribution in [3.63, 3.8) is 0 Å². The van der Waals surface area contributed by atoms with Gasteiger partial charge in [-0.15, -0.1) is 0 Å². The lowest BCUT2D eigenvalue weighted by molar-refractivity contribution is 0.0780. The Bertz CT molecular complexity index is 844. The SMILES string of the molecule is CN(Cc1cccc(Cl)c1)C(=O)c1cc2cc(F)ccc2[nH]1. The summed E-state index contributed by atoms with van der Waals surface area (Å²) in [6.07, 6.45) is 0. The summed E-state index contributed by atoms with van der Waals surface area (Å²) in [4.78, 5) is 17.1. The van der Waals surface area contributed by atoms with Crippen LogP contribution < -0.4 is 0 Å². The Morgan fingerprint density at radius 3 is 2.82 bits per heavy atom. The number of carbonyl (C=O) groups excluding carboxylic acids is 1. The van der Waals surface area contributed by atoms with Gasteiger partial charge in [0, 0.05) is 29.5 Å². The number of fused-ring (bicyclic) bond motifs is 1. The van der Waals surface area contributed by atoms with Crippen LogP contribution in [0.4, 0.5) is 4.39 Å². The summed E-state index contributed by atoms with van der Waals surface area (Å²) in [5.74, 6) is -0.477. The van der Waals surface area contributed by atoms with Crippen molar-refractivity contribution in [2.24, 2.45) is 0 Å². The number of H-pyrrole nitrogens is 1. The second-order valence-electron chi connectivity index (χ2n) is 5.21. The fourth-order valence-corrected chi connectivity index (χ4v) is 2.62. The molecule has 1 N–H and O–H groups in total. The van der Waals surface area contributed by atoms with E-state index in [0.29, 0.717) is 22.6 Å². The summed E-state index contributed by atoms with van der Waals surface area (Å²) in [5, 5.41) is 1.32. The second kappa shape index (κ2) is 5.81. The number of halogens is 2. The molecule has 0 radical (unpaired) electrons. The molecule has 0 aliphatic carbocycles. The van der Waals surface area contributed by atoms with E-state index >= 15 is 0 Å². The van der Waals surface area contributed by atoms with Crippen LogP contribution in [-0.2, 0) is 6.54 Å². The maximum atomic E-state index is 13.2. The van der Waals surface area contributed by atoms with E-state index in [2.05, 4.69) is 4.98 Å². The normalized spacial score (nSPS) is 10.9. The first-order valence-electron chi connectivity index (χ1n) is 6.81. The molecule has 1 heterocycles. The average molecular weight is 317 g/mol. The van der Waals surface area contributed by atoms with E-state index in [4.69, 9.17) is 11.6 Å². The highest BCUT2D eigenvalue weighted by atomic mass is 35.5. The number of nitrogens with zero attached hydrogens (tertiary/aromatic N) is 1. The van der Waals surface area contributed by atoms with Gasteiger partial charge in [-0.05, 0) is 42.0 Å². The summed E-state index contributed by atoms with van der Waals surface area (Å²) in [6.45, 7) is 0.448. The zero-order chi connectivity index (χ0) is 15.7. The van der Waals surface area contributed by atoms with E-state index in [0.717, 1.165) is 11.1 Å². The number of aromatic nitrogens is 1. The van der Waals surface area contributed by atoms with Gasteiger partial charge in [-0.1, -0.05) is 23.7 Å². The van der Waals surface area contributed by atoms with Crippen LogP contribution in [0.25, 0.3) is 10.9 Å². The lowest BCUT2D eigenvalue weighted by atomic mass is 10.2. The van der Waals surface area contributed by atoms with Gasteiger partial charge in [0.1, 0.15) is 11.5 Å². The molecule has 3 aromatic rings. The number of amides is 1. The zero-order valence-electron chi connectivity index (χ0n) is 11.9. The van der Waals surface area contributed by atoms with Crippen molar-refractivity contribution in [2.45, 2.75) is 6.54 Å². The van der Waals surface area contributed by atoms with Crippen molar-refractivity contribution >= 4 is 28.4 Å². The highest BCUT2D eigenvalue weighted by Gasteiger charge is 2.15. The van der Waals surface area contributed by atoms with Gasteiger partial charge in [0.25, 0.3) is 5.91 Å². The van der Waals surface area contributed by atoms with Gasteiger partial charge >= 0.3 is 0 Å². The minimum absolute atomic E-state index is 0.156. The number of benzene rings is 2. The second-order valence-corrected chi connectivity index (χ2v) is 5.64. The summed E-state index contributed by atoms with van der Waals surface area (Å²) < 4.78 is 13.2. The van der Waals surface area contributed by atoms with Crippen LogP contribution >= 0.6 is 11.6 Å². The topological polar surface area (TPSA) is 36.1 Å². The first-order valence-corrected chi connectivity index (χ1v) is 7.19. The van der Waals surface area contributed by atoms with Gasteiger partial charge in [-0.25, -0.2) is 4.39 Å². The fraction of sp³-hybridized carbons (Fsp3) is 0.118. The van der Waals surface area contributed by atoms with E-state index in [9.17, 15) is 9.18 Å². The summed E-state index contributed by atoms with van der Waals surface area (Å²) in [7, 11) is 1.72. The van der Waals surface area contributed by atoms with Crippen LogP contribution in [0, 0.1) is 5.82 Å². The monoisotopic (exact) mass is 316 g/mol. The number of carbonyl (C=O) groups is 1. The number of hydrogen-bond donors (Lipinski definition) is 1. The molecule has 22 heavy (non-hydrogen) atoms. The Kier molecular flexibility index (Phi) is 3.86. The third kappa shape index (κ3) is 2.97. The fourth-order valence-electron chi connectivity index (χ4n) is 2.41. The Morgan fingerprint density at radius 2 is 2.05 bits per heavy atom. The molecule has 0 aliphatic heterocycles. The number of hydrogen-bond acceptors (Lipinski definition) is 1. The molecule has 0 aliphatic rings. The van der Waals surface area contributed by atoms with Crippen molar-refractivity contribution in [2.75, 3.05) is 7.05 Å². The van der Waals surface area contributed by atoms with Gasteiger partial charge < -0.3 is 9.88 Å². The quantitative estimate of drug-likeness (QED) is 0.771. The molecule has 2 aromatic carbocycles. The summed E-state index contributed by atoms with van der Waals surface area (Å²) in [6, 6.07) is 13.4. The van der Waals surface area contributed by atoms with Crippen molar-refractivity contribution < 1.29 is 9.18 Å². The van der Waals surface area contributed by atoms with Crippen molar-refractivity contribution in [3.05, 3.63) is 70.6 Å². The molecule has 0 fully saturated rings. The molecule has 1 amide bonds. The molecule has 3 rings (SSSR count). The summed E-state index contributed by atoms with van der Waals surface area (Å²) >= 11 is 5.95. The maximum absolute atomic E-state index is 13.2. The smallest absolute Gasteiger partial charge is 0.270 e. The standard InChI is InChI=1S/C17H14ClFN2O/c1-21(10-11-3-2-4-13(18)7-11)17(22)16-9-12-8-14(19)5-6-15(12)20-16/h2-9,20H,10H2,1H3. The van der Waals surface area contributed by atoms with E-state index in [1.54, 1.807) is 30.1 Å². The Labute approximate surface area is 132 Å². The molecule has 0 atom stereocenters. The van der Waals surface area contributed by atoms with Gasteiger partial charge in [0.15, 0.2) is 0 Å². The number of aromatic amines is 1. The highest BCUT2D eigenvalue weighted by Crippen LogP contribution is 2.18. The molecule has 0 saturated heterocycles. The van der Waals surface area contributed by atoms with Crippen molar-refractivity contribution in [1.82, 2.24) is 9.88 Å². The van der Waals surface area contributed by atoms with Crippen LogP contribution in [0.3, 0.4) is 0 Å². The Balaban J connectivity index is 1.82. The molecule has 5 heteroatoms. The number of nitrogens with one attached hydrogen (secondary N) is 1. The van der Waals surface area contributed by atoms with Gasteiger partial charge in [0.05, 0.1) is 0 Å². The Morgan fingerprint density at radius 1 is 1.23 bits per heavy atom. The first-order chi connectivity index (χ1) is 10.5. The third-order valence-corrected chi connectivity index (χ3v) is 3.70. The molecular formula is C17H14ClFN2O. The largest absolute Gasteiger partial charge is 0.351 e. The van der Waals surface area contributed by atoms with Crippen molar-refractivity contribution in [1.29, 1.82) is 0 Å². The lowest BCUT2D eigenvalue weighted by Gasteiger charge is -2.16. The van der Waals surface area contributed by atoms with Crippen LogP contribution in [0.5, 0.6) is 0 Å². The third-order valence-electron chi connectivity index (χ3n) is 3.47. The predicted octanol–water partition coefficient (Wildman–Crippen LogP) is 4.23. The Hall–Kier alpha value is -2.33.